The highest BCUT2D eigenvalue weighted by atomic mass is 16.5. The SMILES string of the molecule is CCC(CC)CN(CC(=O)OC)C(=O)C(C)CNC. The minimum absolute atomic E-state index is 0.00616. The number of hydrogen-bond donors (Lipinski definition) is 1. The number of carbonyl (C=O) groups excluding carboxylic acids is 2. The van der Waals surface area contributed by atoms with E-state index in [1.807, 2.05) is 14.0 Å². The summed E-state index contributed by atoms with van der Waals surface area (Å²) in [5, 5.41) is 2.99. The van der Waals surface area contributed by atoms with Gasteiger partial charge < -0.3 is 15.0 Å². The molecular formula is C14H28N2O3. The van der Waals surface area contributed by atoms with E-state index in [0.717, 1.165) is 12.8 Å². The number of nitrogens with one attached hydrogen (secondary N) is 1. The first-order valence-corrected chi connectivity index (χ1v) is 7.00. The normalized spacial score (nSPS) is 12.3. The van der Waals surface area contributed by atoms with E-state index < -0.39 is 0 Å². The molecule has 5 nitrogen and oxygen atoms in total. The second-order valence-corrected chi connectivity index (χ2v) is 4.94. The molecule has 0 aromatic carbocycles. The van der Waals surface area contributed by atoms with E-state index in [1.165, 1.54) is 7.11 Å². The molecule has 0 bridgehead atoms. The molecule has 0 aliphatic carbocycles. The molecule has 0 heterocycles. The van der Waals surface area contributed by atoms with Crippen LogP contribution in [0.5, 0.6) is 0 Å². The fourth-order valence-corrected chi connectivity index (χ4v) is 2.02. The van der Waals surface area contributed by atoms with Crippen molar-refractivity contribution in [1.82, 2.24) is 10.2 Å². The van der Waals surface area contributed by atoms with Gasteiger partial charge in [-0.2, -0.15) is 0 Å². The van der Waals surface area contributed by atoms with Crippen molar-refractivity contribution in [3.63, 3.8) is 0 Å². The van der Waals surface area contributed by atoms with Crippen LogP contribution in [-0.2, 0) is 14.3 Å². The van der Waals surface area contributed by atoms with E-state index in [2.05, 4.69) is 23.9 Å². The Morgan fingerprint density at radius 3 is 2.26 bits per heavy atom. The van der Waals surface area contributed by atoms with E-state index >= 15 is 0 Å². The van der Waals surface area contributed by atoms with E-state index in [-0.39, 0.29) is 24.3 Å². The van der Waals surface area contributed by atoms with E-state index in [1.54, 1.807) is 4.90 Å². The molecule has 1 atom stereocenters. The van der Waals surface area contributed by atoms with Gasteiger partial charge in [-0.25, -0.2) is 0 Å². The van der Waals surface area contributed by atoms with Gasteiger partial charge in [0.2, 0.25) is 5.91 Å². The van der Waals surface area contributed by atoms with Gasteiger partial charge >= 0.3 is 5.97 Å². The fraction of sp³-hybridized carbons (Fsp3) is 0.857. The molecule has 5 heteroatoms. The standard InChI is InChI=1S/C14H28N2O3/c1-6-12(7-2)9-16(10-13(17)19-5)14(18)11(3)8-15-4/h11-12,15H,6-10H2,1-5H3. The minimum Gasteiger partial charge on any atom is -0.468 e. The Kier molecular flexibility index (Phi) is 9.21. The van der Waals surface area contributed by atoms with Gasteiger partial charge in [0.1, 0.15) is 6.54 Å². The third-order valence-electron chi connectivity index (χ3n) is 3.42. The van der Waals surface area contributed by atoms with Crippen LogP contribution < -0.4 is 5.32 Å². The van der Waals surface area contributed by atoms with Crippen LogP contribution in [0.4, 0.5) is 0 Å². The third kappa shape index (κ3) is 6.57. The van der Waals surface area contributed by atoms with Gasteiger partial charge in [0.05, 0.1) is 7.11 Å². The van der Waals surface area contributed by atoms with Crippen molar-refractivity contribution in [2.45, 2.75) is 33.6 Å². The minimum atomic E-state index is -0.365. The third-order valence-corrected chi connectivity index (χ3v) is 3.42. The fourth-order valence-electron chi connectivity index (χ4n) is 2.02. The summed E-state index contributed by atoms with van der Waals surface area (Å²) < 4.78 is 4.67. The maximum Gasteiger partial charge on any atom is 0.325 e. The Balaban J connectivity index is 4.73. The first kappa shape index (κ1) is 17.9. The van der Waals surface area contributed by atoms with Gasteiger partial charge in [0.15, 0.2) is 0 Å². The van der Waals surface area contributed by atoms with Crippen LogP contribution in [0.1, 0.15) is 33.6 Å². The van der Waals surface area contributed by atoms with Gasteiger partial charge in [-0.15, -0.1) is 0 Å². The Labute approximate surface area is 116 Å². The number of nitrogens with zero attached hydrogens (tertiary/aromatic N) is 1. The molecule has 0 aromatic rings. The predicted octanol–water partition coefficient (Wildman–Crippen LogP) is 1.28. The molecule has 0 fully saturated rings. The van der Waals surface area contributed by atoms with Crippen LogP contribution in [0.25, 0.3) is 0 Å². The van der Waals surface area contributed by atoms with E-state index in [0.29, 0.717) is 19.0 Å². The lowest BCUT2D eigenvalue weighted by Gasteiger charge is -2.28. The summed E-state index contributed by atoms with van der Waals surface area (Å²) in [5.41, 5.74) is 0. The largest absolute Gasteiger partial charge is 0.468 e. The number of ether oxygens (including phenoxy) is 1. The van der Waals surface area contributed by atoms with Crippen LogP contribution in [0.15, 0.2) is 0 Å². The Morgan fingerprint density at radius 1 is 1.26 bits per heavy atom. The second kappa shape index (κ2) is 9.78. The van der Waals surface area contributed by atoms with Gasteiger partial charge in [0, 0.05) is 19.0 Å². The average molecular weight is 272 g/mol. The predicted molar refractivity (Wildman–Crippen MR) is 75.8 cm³/mol. The molecule has 0 saturated heterocycles. The number of carbonyl (C=O) groups is 2. The van der Waals surface area contributed by atoms with Crippen molar-refractivity contribution < 1.29 is 14.3 Å². The van der Waals surface area contributed by atoms with Crippen LogP contribution in [0.2, 0.25) is 0 Å². The lowest BCUT2D eigenvalue weighted by molar-refractivity contribution is -0.148. The Morgan fingerprint density at radius 2 is 1.84 bits per heavy atom. The molecule has 0 spiro atoms. The van der Waals surface area contributed by atoms with Crippen molar-refractivity contribution in [2.75, 3.05) is 33.8 Å². The van der Waals surface area contributed by atoms with Gasteiger partial charge in [-0.3, -0.25) is 9.59 Å². The van der Waals surface area contributed by atoms with Crippen molar-refractivity contribution in [1.29, 1.82) is 0 Å². The number of hydrogen-bond acceptors (Lipinski definition) is 4. The molecule has 0 rings (SSSR count). The first-order chi connectivity index (χ1) is 8.99. The summed E-state index contributed by atoms with van der Waals surface area (Å²) in [6.07, 6.45) is 2.00. The van der Waals surface area contributed by atoms with Gasteiger partial charge in [0.25, 0.3) is 0 Å². The molecule has 0 saturated carbocycles. The highest BCUT2D eigenvalue weighted by molar-refractivity contribution is 5.83. The van der Waals surface area contributed by atoms with Crippen LogP contribution in [-0.4, -0.2) is 50.6 Å². The Hall–Kier alpha value is -1.10. The van der Waals surface area contributed by atoms with E-state index in [4.69, 9.17) is 0 Å². The topological polar surface area (TPSA) is 58.6 Å². The smallest absolute Gasteiger partial charge is 0.325 e. The molecule has 0 radical (unpaired) electrons. The lowest BCUT2D eigenvalue weighted by atomic mass is 10.0. The molecule has 0 aliphatic rings. The van der Waals surface area contributed by atoms with E-state index in [9.17, 15) is 9.59 Å². The van der Waals surface area contributed by atoms with Gasteiger partial charge in [-0.1, -0.05) is 33.6 Å². The number of methoxy groups -OCH3 is 1. The zero-order valence-electron chi connectivity index (χ0n) is 12.9. The molecule has 1 amide bonds. The quantitative estimate of drug-likeness (QED) is 0.642. The number of rotatable bonds is 9. The highest BCUT2D eigenvalue weighted by Crippen LogP contribution is 2.12. The van der Waals surface area contributed by atoms with Crippen LogP contribution in [0, 0.1) is 11.8 Å². The number of esters is 1. The summed E-state index contributed by atoms with van der Waals surface area (Å²) in [7, 11) is 3.16. The summed E-state index contributed by atoms with van der Waals surface area (Å²) in [4.78, 5) is 25.4. The monoisotopic (exact) mass is 272 g/mol. The molecule has 1 N–H and O–H groups in total. The summed E-state index contributed by atoms with van der Waals surface area (Å²) in [5.74, 6) is -0.0676. The van der Waals surface area contributed by atoms with Crippen molar-refractivity contribution in [2.24, 2.45) is 11.8 Å². The second-order valence-electron chi connectivity index (χ2n) is 4.94. The zero-order chi connectivity index (χ0) is 14.8. The summed E-state index contributed by atoms with van der Waals surface area (Å²) in [6.45, 7) is 7.35. The lowest BCUT2D eigenvalue weighted by Crippen LogP contribution is -2.44. The maximum atomic E-state index is 12.3. The molecule has 19 heavy (non-hydrogen) atoms. The van der Waals surface area contributed by atoms with Crippen LogP contribution in [0.3, 0.4) is 0 Å². The molecule has 0 aromatic heterocycles. The molecule has 1 unspecified atom stereocenters. The van der Waals surface area contributed by atoms with Crippen molar-refractivity contribution >= 4 is 11.9 Å². The zero-order valence-corrected chi connectivity index (χ0v) is 12.9. The number of amides is 1. The summed E-state index contributed by atoms with van der Waals surface area (Å²) >= 11 is 0. The molecular weight excluding hydrogens is 244 g/mol. The van der Waals surface area contributed by atoms with Gasteiger partial charge in [-0.05, 0) is 13.0 Å². The molecule has 112 valence electrons. The van der Waals surface area contributed by atoms with Crippen LogP contribution >= 0.6 is 0 Å². The van der Waals surface area contributed by atoms with Crippen molar-refractivity contribution in [3.05, 3.63) is 0 Å². The maximum absolute atomic E-state index is 12.3. The first-order valence-electron chi connectivity index (χ1n) is 7.00. The summed E-state index contributed by atoms with van der Waals surface area (Å²) in [6, 6.07) is 0. The average Bonchev–Trinajstić information content (AvgIpc) is 2.42. The molecule has 0 aliphatic heterocycles. The van der Waals surface area contributed by atoms with Crippen molar-refractivity contribution in [3.8, 4) is 0 Å². The Bertz CT molecular complexity index is 278. The highest BCUT2D eigenvalue weighted by Gasteiger charge is 2.24.